The predicted molar refractivity (Wildman–Crippen MR) is 118 cm³/mol. The van der Waals surface area contributed by atoms with Crippen LogP contribution in [0.3, 0.4) is 0 Å². The van der Waals surface area contributed by atoms with Crippen molar-refractivity contribution in [3.05, 3.63) is 64.8 Å². The zero-order chi connectivity index (χ0) is 20.2. The van der Waals surface area contributed by atoms with Crippen LogP contribution in [0.5, 0.6) is 0 Å². The van der Waals surface area contributed by atoms with Gasteiger partial charge in [0.1, 0.15) is 0 Å². The summed E-state index contributed by atoms with van der Waals surface area (Å²) in [5.74, 6) is 0.656. The van der Waals surface area contributed by atoms with Gasteiger partial charge in [-0.25, -0.2) is 4.98 Å². The van der Waals surface area contributed by atoms with E-state index in [1.54, 1.807) is 0 Å². The van der Waals surface area contributed by atoms with Crippen molar-refractivity contribution in [1.29, 1.82) is 0 Å². The van der Waals surface area contributed by atoms with Crippen molar-refractivity contribution in [2.45, 2.75) is 33.2 Å². The van der Waals surface area contributed by atoms with Crippen LogP contribution >= 0.6 is 11.3 Å². The van der Waals surface area contributed by atoms with Crippen LogP contribution in [0.1, 0.15) is 41.5 Å². The summed E-state index contributed by atoms with van der Waals surface area (Å²) in [4.78, 5) is 24.4. The average Bonchev–Trinajstić information content (AvgIpc) is 3.17. The third-order valence-electron chi connectivity index (χ3n) is 5.43. The number of carbonyl (C=O) groups is 1. The van der Waals surface area contributed by atoms with Crippen LogP contribution in [0.25, 0.3) is 11.3 Å². The van der Waals surface area contributed by atoms with E-state index in [0.29, 0.717) is 16.4 Å². The molecule has 0 bridgehead atoms. The number of pyridine rings is 1. The van der Waals surface area contributed by atoms with E-state index in [1.807, 2.05) is 54.8 Å². The summed E-state index contributed by atoms with van der Waals surface area (Å²) in [5, 5.41) is 5.61. The lowest BCUT2D eigenvalue weighted by molar-refractivity contribution is 0.102. The summed E-state index contributed by atoms with van der Waals surface area (Å²) < 4.78 is 0. The fraction of sp³-hybridized carbons (Fsp3) is 0.348. The maximum absolute atomic E-state index is 12.7. The molecule has 6 heteroatoms. The molecule has 1 amide bonds. The molecule has 1 aliphatic rings. The van der Waals surface area contributed by atoms with Gasteiger partial charge in [0.2, 0.25) is 0 Å². The van der Waals surface area contributed by atoms with E-state index < -0.39 is 0 Å². The van der Waals surface area contributed by atoms with E-state index in [4.69, 9.17) is 0 Å². The topological polar surface area (TPSA) is 58.1 Å². The van der Waals surface area contributed by atoms with E-state index in [1.165, 1.54) is 24.2 Å². The highest BCUT2D eigenvalue weighted by Gasteiger charge is 2.18. The lowest BCUT2D eigenvalue weighted by Gasteiger charge is -2.29. The predicted octanol–water partition coefficient (Wildman–Crippen LogP) is 5.00. The van der Waals surface area contributed by atoms with Gasteiger partial charge in [0, 0.05) is 17.5 Å². The Balaban J connectivity index is 1.40. The molecule has 0 spiro atoms. The molecule has 1 aromatic carbocycles. The zero-order valence-electron chi connectivity index (χ0n) is 16.9. The highest BCUT2D eigenvalue weighted by molar-refractivity contribution is 7.14. The number of nitrogens with zero attached hydrogens (tertiary/aromatic N) is 3. The highest BCUT2D eigenvalue weighted by atomic mass is 32.1. The molecule has 3 aromatic rings. The first-order valence-corrected chi connectivity index (χ1v) is 11.0. The fourth-order valence-electron chi connectivity index (χ4n) is 3.62. The number of piperidine rings is 1. The Morgan fingerprint density at radius 3 is 2.62 bits per heavy atom. The van der Waals surface area contributed by atoms with Crippen LogP contribution in [-0.2, 0) is 6.54 Å². The Kier molecular flexibility index (Phi) is 6.02. The third kappa shape index (κ3) is 4.89. The molecule has 1 aliphatic heterocycles. The lowest BCUT2D eigenvalue weighted by atomic mass is 9.99. The molecule has 2 aromatic heterocycles. The normalized spacial score (nSPS) is 15.4. The number of carbonyl (C=O) groups excluding carboxylic acids is 1. The number of amides is 1. The number of anilines is 1. The van der Waals surface area contributed by atoms with Crippen LogP contribution in [0.2, 0.25) is 0 Å². The molecular formula is C23H26N4OS. The molecular weight excluding hydrogens is 380 g/mol. The van der Waals surface area contributed by atoms with Crippen molar-refractivity contribution < 1.29 is 4.79 Å². The van der Waals surface area contributed by atoms with Crippen LogP contribution in [-0.4, -0.2) is 33.9 Å². The van der Waals surface area contributed by atoms with Crippen LogP contribution in [0.15, 0.2) is 47.8 Å². The smallest absolute Gasteiger partial charge is 0.259 e. The molecule has 5 nitrogen and oxygen atoms in total. The first-order valence-electron chi connectivity index (χ1n) is 10.1. The molecule has 150 valence electrons. The molecule has 0 saturated carbocycles. The van der Waals surface area contributed by atoms with Gasteiger partial charge in [-0.15, -0.1) is 11.3 Å². The van der Waals surface area contributed by atoms with Gasteiger partial charge in [0.25, 0.3) is 5.91 Å². The van der Waals surface area contributed by atoms with Crippen molar-refractivity contribution in [3.8, 4) is 11.3 Å². The van der Waals surface area contributed by atoms with Gasteiger partial charge in [-0.1, -0.05) is 37.3 Å². The summed E-state index contributed by atoms with van der Waals surface area (Å²) in [6.07, 6.45) is 2.50. The largest absolute Gasteiger partial charge is 0.298 e. The molecule has 1 saturated heterocycles. The Morgan fingerprint density at radius 1 is 1.14 bits per heavy atom. The molecule has 1 N–H and O–H groups in total. The summed E-state index contributed by atoms with van der Waals surface area (Å²) in [6.45, 7) is 7.28. The van der Waals surface area contributed by atoms with Gasteiger partial charge < -0.3 is 0 Å². The molecule has 0 unspecified atom stereocenters. The zero-order valence-corrected chi connectivity index (χ0v) is 17.7. The van der Waals surface area contributed by atoms with Gasteiger partial charge in [-0.2, -0.15) is 0 Å². The number of hydrogen-bond acceptors (Lipinski definition) is 5. The minimum absolute atomic E-state index is 0.165. The maximum Gasteiger partial charge on any atom is 0.259 e. The Labute approximate surface area is 175 Å². The van der Waals surface area contributed by atoms with Crippen molar-refractivity contribution in [3.63, 3.8) is 0 Å². The Bertz CT molecular complexity index is 978. The van der Waals surface area contributed by atoms with E-state index in [0.717, 1.165) is 42.5 Å². The lowest BCUT2D eigenvalue weighted by Crippen LogP contribution is -2.32. The van der Waals surface area contributed by atoms with Crippen molar-refractivity contribution in [2.75, 3.05) is 18.4 Å². The average molecular weight is 407 g/mol. The highest BCUT2D eigenvalue weighted by Crippen LogP contribution is 2.23. The monoisotopic (exact) mass is 406 g/mol. The second kappa shape index (κ2) is 8.84. The van der Waals surface area contributed by atoms with E-state index in [9.17, 15) is 4.79 Å². The van der Waals surface area contributed by atoms with Crippen LogP contribution in [0.4, 0.5) is 5.13 Å². The van der Waals surface area contributed by atoms with Gasteiger partial charge in [0.15, 0.2) is 5.13 Å². The molecule has 0 aliphatic carbocycles. The number of likely N-dealkylation sites (tertiary alicyclic amines) is 1. The second-order valence-electron chi connectivity index (χ2n) is 7.75. The summed E-state index contributed by atoms with van der Waals surface area (Å²) in [7, 11) is 0. The van der Waals surface area contributed by atoms with Crippen molar-refractivity contribution >= 4 is 22.4 Å². The number of aromatic nitrogens is 2. The van der Waals surface area contributed by atoms with Gasteiger partial charge in [-0.3, -0.25) is 20.0 Å². The van der Waals surface area contributed by atoms with Crippen molar-refractivity contribution in [1.82, 2.24) is 14.9 Å². The number of thiazole rings is 1. The minimum Gasteiger partial charge on any atom is -0.298 e. The second-order valence-corrected chi connectivity index (χ2v) is 8.61. The molecule has 0 atom stereocenters. The third-order valence-corrected chi connectivity index (χ3v) is 6.24. The number of hydrogen-bond donors (Lipinski definition) is 1. The number of benzene rings is 1. The number of aryl methyl sites for hydroxylation is 1. The SMILES string of the molecule is Cc1nc(-c2ccccc2)ccc1C(=O)Nc1nc(CN2CCC(C)CC2)cs1. The van der Waals surface area contributed by atoms with Crippen LogP contribution in [0, 0.1) is 12.8 Å². The first kappa shape index (κ1) is 19.7. The van der Waals surface area contributed by atoms with Crippen LogP contribution < -0.4 is 5.32 Å². The van der Waals surface area contributed by atoms with Gasteiger partial charge >= 0.3 is 0 Å². The van der Waals surface area contributed by atoms with Gasteiger partial charge in [0.05, 0.1) is 22.6 Å². The van der Waals surface area contributed by atoms with E-state index >= 15 is 0 Å². The standard InChI is InChI=1S/C23H26N4OS/c1-16-10-12-27(13-11-16)14-19-15-29-23(25-19)26-22(28)20-8-9-21(24-17(20)2)18-6-4-3-5-7-18/h3-9,15-16H,10-14H2,1-2H3,(H,25,26,28). The maximum atomic E-state index is 12.7. The number of rotatable bonds is 5. The molecule has 0 radical (unpaired) electrons. The Hall–Kier alpha value is -2.57. The van der Waals surface area contributed by atoms with E-state index in [-0.39, 0.29) is 5.91 Å². The van der Waals surface area contributed by atoms with Gasteiger partial charge in [-0.05, 0) is 50.9 Å². The molecule has 4 rings (SSSR count). The summed E-state index contributed by atoms with van der Waals surface area (Å²) in [6, 6.07) is 13.7. The molecule has 3 heterocycles. The minimum atomic E-state index is -0.165. The quantitative estimate of drug-likeness (QED) is 0.648. The summed E-state index contributed by atoms with van der Waals surface area (Å²) in [5.41, 5.74) is 4.22. The van der Waals surface area contributed by atoms with Crippen molar-refractivity contribution in [2.24, 2.45) is 5.92 Å². The first-order chi connectivity index (χ1) is 14.1. The van der Waals surface area contributed by atoms with E-state index in [2.05, 4.69) is 27.1 Å². The number of nitrogens with one attached hydrogen (secondary N) is 1. The molecule has 1 fully saturated rings. The molecule has 29 heavy (non-hydrogen) atoms. The Morgan fingerprint density at radius 2 is 1.90 bits per heavy atom. The fourth-order valence-corrected chi connectivity index (χ4v) is 4.32. The summed E-state index contributed by atoms with van der Waals surface area (Å²) >= 11 is 1.48.